The van der Waals surface area contributed by atoms with E-state index in [2.05, 4.69) is 14.7 Å². The lowest BCUT2D eigenvalue weighted by atomic mass is 10.3. The number of carbonyl (C=O) groups excluding carboxylic acids is 1. The normalized spacial score (nSPS) is 10.4. The van der Waals surface area contributed by atoms with E-state index in [-0.39, 0.29) is 5.69 Å². The molecule has 0 saturated carbocycles. The number of rotatable bonds is 1. The Labute approximate surface area is 84.9 Å². The first-order valence-electron chi connectivity index (χ1n) is 3.94. The molecule has 0 fully saturated rings. The molecule has 0 atom stereocenters. The van der Waals surface area contributed by atoms with Crippen LogP contribution in [0.1, 0.15) is 10.5 Å². The van der Waals surface area contributed by atoms with Gasteiger partial charge in [0.15, 0.2) is 0 Å². The summed E-state index contributed by atoms with van der Waals surface area (Å²) in [6.07, 6.45) is 1.62. The smallest absolute Gasteiger partial charge is 0.356 e. The highest BCUT2D eigenvalue weighted by Gasteiger charge is 2.16. The molecule has 0 unspecified atom stereocenters. The molecule has 2 rings (SSSR count). The van der Waals surface area contributed by atoms with Crippen molar-refractivity contribution in [1.82, 2.24) is 9.97 Å². The number of aromatic amines is 1. The van der Waals surface area contributed by atoms with Crippen molar-refractivity contribution in [3.8, 4) is 0 Å². The largest absolute Gasteiger partial charge is 0.464 e. The Hall–Kier alpha value is -1.55. The quantitative estimate of drug-likeness (QED) is 0.733. The van der Waals surface area contributed by atoms with Gasteiger partial charge in [0.25, 0.3) is 0 Å². The van der Waals surface area contributed by atoms with Gasteiger partial charge in [-0.15, -0.1) is 0 Å². The summed E-state index contributed by atoms with van der Waals surface area (Å²) in [5, 5.41) is 1.06. The van der Waals surface area contributed by atoms with Gasteiger partial charge < -0.3 is 9.72 Å². The van der Waals surface area contributed by atoms with Crippen LogP contribution in [0.3, 0.4) is 0 Å². The molecule has 2 aromatic rings. The number of methoxy groups -OCH3 is 1. The van der Waals surface area contributed by atoms with Crippen LogP contribution >= 0.6 is 11.6 Å². The monoisotopic (exact) mass is 210 g/mol. The number of esters is 1. The van der Waals surface area contributed by atoms with E-state index in [9.17, 15) is 4.79 Å². The van der Waals surface area contributed by atoms with Crippen molar-refractivity contribution >= 4 is 28.6 Å². The van der Waals surface area contributed by atoms with Crippen molar-refractivity contribution < 1.29 is 9.53 Å². The summed E-state index contributed by atoms with van der Waals surface area (Å²) in [4.78, 5) is 18.1. The number of nitrogens with zero attached hydrogens (tertiary/aromatic N) is 1. The number of aromatic nitrogens is 2. The minimum Gasteiger partial charge on any atom is -0.464 e. The molecule has 0 radical (unpaired) electrons. The second-order valence-electron chi connectivity index (χ2n) is 2.71. The van der Waals surface area contributed by atoms with Gasteiger partial charge in [-0.25, -0.2) is 9.78 Å². The van der Waals surface area contributed by atoms with E-state index in [4.69, 9.17) is 11.6 Å². The molecule has 0 saturated heterocycles. The topological polar surface area (TPSA) is 55.0 Å². The Morgan fingerprint density at radius 3 is 3.07 bits per heavy atom. The number of halogens is 1. The summed E-state index contributed by atoms with van der Waals surface area (Å²) in [5.74, 6) is -0.493. The predicted octanol–water partition coefficient (Wildman–Crippen LogP) is 2.00. The Morgan fingerprint density at radius 1 is 1.64 bits per heavy atom. The predicted molar refractivity (Wildman–Crippen MR) is 52.4 cm³/mol. The maximum Gasteiger partial charge on any atom is 0.356 e. The summed E-state index contributed by atoms with van der Waals surface area (Å²) in [5.41, 5.74) is 0.820. The standard InChI is InChI=1S/C9H7ClN2O2/c1-14-9(13)7-6(10)5-3-2-4-11-8(5)12-7/h2-4H,1H3,(H,11,12). The molecule has 0 aromatic carbocycles. The van der Waals surface area contributed by atoms with Crippen molar-refractivity contribution in [3.63, 3.8) is 0 Å². The average molecular weight is 211 g/mol. The van der Waals surface area contributed by atoms with Gasteiger partial charge in [0, 0.05) is 11.6 Å². The molecule has 0 bridgehead atoms. The lowest BCUT2D eigenvalue weighted by Gasteiger charge is -1.94. The van der Waals surface area contributed by atoms with Crippen molar-refractivity contribution in [2.24, 2.45) is 0 Å². The minimum absolute atomic E-state index is 0.239. The molecule has 0 spiro atoms. The second-order valence-corrected chi connectivity index (χ2v) is 3.08. The van der Waals surface area contributed by atoms with Crippen molar-refractivity contribution in [2.45, 2.75) is 0 Å². The van der Waals surface area contributed by atoms with Gasteiger partial charge in [-0.05, 0) is 12.1 Å². The molecule has 4 nitrogen and oxygen atoms in total. The highest BCUT2D eigenvalue weighted by molar-refractivity contribution is 6.38. The van der Waals surface area contributed by atoms with E-state index < -0.39 is 5.97 Å². The van der Waals surface area contributed by atoms with Crippen LogP contribution in [0.15, 0.2) is 18.3 Å². The summed E-state index contributed by atoms with van der Waals surface area (Å²) in [6.45, 7) is 0. The number of hydrogen-bond acceptors (Lipinski definition) is 3. The van der Waals surface area contributed by atoms with E-state index in [1.165, 1.54) is 7.11 Å². The maximum atomic E-state index is 11.2. The third kappa shape index (κ3) is 1.24. The van der Waals surface area contributed by atoms with Gasteiger partial charge in [-0.1, -0.05) is 11.6 Å². The molecule has 0 aliphatic heterocycles. The molecule has 2 aromatic heterocycles. The minimum atomic E-state index is -0.493. The van der Waals surface area contributed by atoms with Gasteiger partial charge in [-0.2, -0.15) is 0 Å². The zero-order valence-corrected chi connectivity index (χ0v) is 8.13. The number of hydrogen-bond donors (Lipinski definition) is 1. The zero-order valence-electron chi connectivity index (χ0n) is 7.37. The molecule has 14 heavy (non-hydrogen) atoms. The fourth-order valence-electron chi connectivity index (χ4n) is 1.23. The Balaban J connectivity index is 2.68. The van der Waals surface area contributed by atoms with Crippen LogP contribution in [0.4, 0.5) is 0 Å². The van der Waals surface area contributed by atoms with E-state index in [1.807, 2.05) is 0 Å². The first-order valence-corrected chi connectivity index (χ1v) is 4.32. The van der Waals surface area contributed by atoms with Crippen molar-refractivity contribution in [3.05, 3.63) is 29.0 Å². The van der Waals surface area contributed by atoms with Crippen LogP contribution < -0.4 is 0 Å². The SMILES string of the molecule is COC(=O)c1[nH]c2ncccc2c1Cl. The highest BCUT2D eigenvalue weighted by Crippen LogP contribution is 2.25. The molecular formula is C9H7ClN2O2. The van der Waals surface area contributed by atoms with Gasteiger partial charge in [0.2, 0.25) is 0 Å². The zero-order chi connectivity index (χ0) is 10.1. The summed E-state index contributed by atoms with van der Waals surface area (Å²) >= 11 is 5.96. The number of H-pyrrole nitrogens is 1. The van der Waals surface area contributed by atoms with E-state index in [0.717, 1.165) is 5.39 Å². The van der Waals surface area contributed by atoms with Crippen LogP contribution in [0.25, 0.3) is 11.0 Å². The Morgan fingerprint density at radius 2 is 2.43 bits per heavy atom. The van der Waals surface area contributed by atoms with Crippen LogP contribution in [-0.4, -0.2) is 23.0 Å². The van der Waals surface area contributed by atoms with E-state index in [1.54, 1.807) is 18.3 Å². The number of nitrogens with one attached hydrogen (secondary N) is 1. The third-order valence-corrected chi connectivity index (χ3v) is 2.29. The van der Waals surface area contributed by atoms with E-state index in [0.29, 0.717) is 10.7 Å². The van der Waals surface area contributed by atoms with Gasteiger partial charge in [-0.3, -0.25) is 0 Å². The van der Waals surface area contributed by atoms with Gasteiger partial charge in [0.1, 0.15) is 11.3 Å². The fraction of sp³-hybridized carbons (Fsp3) is 0.111. The molecular weight excluding hydrogens is 204 g/mol. The van der Waals surface area contributed by atoms with Crippen LogP contribution in [0, 0.1) is 0 Å². The maximum absolute atomic E-state index is 11.2. The number of fused-ring (bicyclic) bond motifs is 1. The molecule has 0 aliphatic rings. The lowest BCUT2D eigenvalue weighted by Crippen LogP contribution is -2.01. The fourth-order valence-corrected chi connectivity index (χ4v) is 1.51. The Bertz CT molecular complexity index is 493. The van der Waals surface area contributed by atoms with Crippen LogP contribution in [0.5, 0.6) is 0 Å². The van der Waals surface area contributed by atoms with Gasteiger partial charge >= 0.3 is 5.97 Å². The first-order chi connectivity index (χ1) is 6.74. The number of ether oxygens (including phenoxy) is 1. The third-order valence-electron chi connectivity index (χ3n) is 1.90. The number of pyridine rings is 1. The molecule has 1 N–H and O–H groups in total. The van der Waals surface area contributed by atoms with Crippen molar-refractivity contribution in [1.29, 1.82) is 0 Å². The average Bonchev–Trinajstić information content (AvgIpc) is 2.56. The molecule has 72 valence electrons. The summed E-state index contributed by atoms with van der Waals surface area (Å²) < 4.78 is 4.56. The molecule has 5 heteroatoms. The Kier molecular flexibility index (Phi) is 2.13. The number of carbonyl (C=O) groups is 1. The molecule has 2 heterocycles. The summed E-state index contributed by atoms with van der Waals surface area (Å²) in [7, 11) is 1.30. The lowest BCUT2D eigenvalue weighted by molar-refractivity contribution is 0.0595. The van der Waals surface area contributed by atoms with Crippen LogP contribution in [-0.2, 0) is 4.74 Å². The summed E-state index contributed by atoms with van der Waals surface area (Å²) in [6, 6.07) is 3.54. The molecule has 0 aliphatic carbocycles. The van der Waals surface area contributed by atoms with Gasteiger partial charge in [0.05, 0.1) is 12.1 Å². The van der Waals surface area contributed by atoms with Crippen LogP contribution in [0.2, 0.25) is 5.02 Å². The van der Waals surface area contributed by atoms with E-state index >= 15 is 0 Å². The molecule has 0 amide bonds. The first kappa shape index (κ1) is 9.02. The second kappa shape index (κ2) is 3.31. The van der Waals surface area contributed by atoms with Crippen molar-refractivity contribution in [2.75, 3.05) is 7.11 Å². The highest BCUT2D eigenvalue weighted by atomic mass is 35.5.